The van der Waals surface area contributed by atoms with Crippen molar-refractivity contribution in [3.05, 3.63) is 65.1 Å². The number of aryl methyl sites for hydroxylation is 1. The number of nitrogens with zero attached hydrogens (tertiary/aromatic N) is 2. The largest absolute Gasteiger partial charge is 0.347 e. The molecule has 4 aromatic rings. The number of halogens is 1. The fourth-order valence-corrected chi connectivity index (χ4v) is 3.12. The van der Waals surface area contributed by atoms with Crippen LogP contribution >= 0.6 is 11.6 Å². The summed E-state index contributed by atoms with van der Waals surface area (Å²) in [5.41, 5.74) is 4.34. The van der Waals surface area contributed by atoms with Crippen LogP contribution in [0.2, 0.25) is 5.02 Å². The first-order valence-electron chi connectivity index (χ1n) is 7.57. The molecule has 2 heterocycles. The number of carbonyl (C=O) groups is 1. The van der Waals surface area contributed by atoms with Gasteiger partial charge in [-0.05, 0) is 29.8 Å². The second-order valence-electron chi connectivity index (χ2n) is 5.69. The second-order valence-corrected chi connectivity index (χ2v) is 6.13. The monoisotopic (exact) mass is 338 g/mol. The van der Waals surface area contributed by atoms with Crippen molar-refractivity contribution < 1.29 is 4.79 Å². The van der Waals surface area contributed by atoms with Crippen LogP contribution in [0.25, 0.3) is 21.9 Å². The number of hydrogen-bond donors (Lipinski definition) is 2. The molecule has 2 aromatic carbocycles. The molecule has 0 bridgehead atoms. The van der Waals surface area contributed by atoms with Crippen molar-refractivity contribution in [2.75, 3.05) is 0 Å². The van der Waals surface area contributed by atoms with Gasteiger partial charge in [-0.25, -0.2) is 4.98 Å². The van der Waals surface area contributed by atoms with Crippen molar-refractivity contribution in [2.24, 2.45) is 7.05 Å². The maximum atomic E-state index is 12.6. The Balaban J connectivity index is 1.60. The predicted octanol–water partition coefficient (Wildman–Crippen LogP) is 3.64. The number of H-pyrrole nitrogens is 1. The van der Waals surface area contributed by atoms with E-state index in [1.807, 2.05) is 54.1 Å². The zero-order valence-electron chi connectivity index (χ0n) is 13.0. The molecule has 4 rings (SSSR count). The fraction of sp³-hybridized carbons (Fsp3) is 0.111. The van der Waals surface area contributed by atoms with Gasteiger partial charge >= 0.3 is 0 Å². The Morgan fingerprint density at radius 2 is 2.17 bits per heavy atom. The number of rotatable bonds is 3. The minimum atomic E-state index is -0.127. The molecule has 0 aliphatic carbocycles. The summed E-state index contributed by atoms with van der Waals surface area (Å²) in [5.74, 6) is -0.127. The molecule has 2 aromatic heterocycles. The maximum Gasteiger partial charge on any atom is 0.268 e. The Morgan fingerprint density at radius 1 is 1.29 bits per heavy atom. The molecule has 1 amide bonds. The minimum absolute atomic E-state index is 0.127. The third kappa shape index (κ3) is 2.43. The maximum absolute atomic E-state index is 12.6. The van der Waals surface area contributed by atoms with Gasteiger partial charge in [-0.15, -0.1) is 0 Å². The first-order valence-corrected chi connectivity index (χ1v) is 7.95. The van der Waals surface area contributed by atoms with Crippen LogP contribution in [0.3, 0.4) is 0 Å². The number of para-hydroxylation sites is 1. The Morgan fingerprint density at radius 3 is 3.04 bits per heavy atom. The van der Waals surface area contributed by atoms with Gasteiger partial charge in [-0.2, -0.15) is 0 Å². The standard InChI is InChI=1S/C18H15ClN4O/c1-23-15-8-13(19)6-5-11(15)7-16(23)18(24)20-9-12-3-2-4-14-17(12)22-10-21-14/h2-8,10H,9H2,1H3,(H,20,24)(H,21,22). The molecule has 120 valence electrons. The van der Waals surface area contributed by atoms with Crippen molar-refractivity contribution >= 4 is 39.4 Å². The molecule has 0 atom stereocenters. The number of benzene rings is 2. The van der Waals surface area contributed by atoms with Crippen LogP contribution in [0.15, 0.2) is 48.8 Å². The Kier molecular flexibility index (Phi) is 3.50. The van der Waals surface area contributed by atoms with Gasteiger partial charge in [-0.3, -0.25) is 4.79 Å². The Bertz CT molecular complexity index is 1060. The summed E-state index contributed by atoms with van der Waals surface area (Å²) in [5, 5.41) is 4.61. The van der Waals surface area contributed by atoms with Crippen molar-refractivity contribution in [1.82, 2.24) is 19.9 Å². The molecule has 0 aliphatic heterocycles. The first kappa shape index (κ1) is 14.8. The zero-order valence-corrected chi connectivity index (χ0v) is 13.8. The van der Waals surface area contributed by atoms with Crippen LogP contribution in [0.4, 0.5) is 0 Å². The summed E-state index contributed by atoms with van der Waals surface area (Å²) in [7, 11) is 1.86. The molecular formula is C18H15ClN4O. The van der Waals surface area contributed by atoms with Gasteiger partial charge in [0.15, 0.2) is 0 Å². The van der Waals surface area contributed by atoms with Crippen LogP contribution in [0, 0.1) is 0 Å². The number of imidazole rings is 1. The van der Waals surface area contributed by atoms with E-state index in [0.29, 0.717) is 17.3 Å². The zero-order chi connectivity index (χ0) is 16.7. The molecule has 0 unspecified atom stereocenters. The predicted molar refractivity (Wildman–Crippen MR) is 95.2 cm³/mol. The lowest BCUT2D eigenvalue weighted by molar-refractivity contribution is 0.0943. The topological polar surface area (TPSA) is 62.7 Å². The number of amides is 1. The minimum Gasteiger partial charge on any atom is -0.347 e. The van der Waals surface area contributed by atoms with Crippen molar-refractivity contribution in [3.63, 3.8) is 0 Å². The highest BCUT2D eigenvalue weighted by Gasteiger charge is 2.14. The highest BCUT2D eigenvalue weighted by Crippen LogP contribution is 2.22. The number of aromatic nitrogens is 3. The van der Waals surface area contributed by atoms with Gasteiger partial charge in [0, 0.05) is 29.5 Å². The van der Waals surface area contributed by atoms with Crippen LogP contribution in [0.5, 0.6) is 0 Å². The van der Waals surface area contributed by atoms with Gasteiger partial charge in [0.2, 0.25) is 0 Å². The summed E-state index contributed by atoms with van der Waals surface area (Å²) >= 11 is 6.04. The number of nitrogens with one attached hydrogen (secondary N) is 2. The second kappa shape index (κ2) is 5.69. The van der Waals surface area contributed by atoms with E-state index in [1.165, 1.54) is 0 Å². The number of carbonyl (C=O) groups excluding carboxylic acids is 1. The first-order chi connectivity index (χ1) is 11.6. The Labute approximate surface area is 143 Å². The number of aromatic amines is 1. The van der Waals surface area contributed by atoms with E-state index in [-0.39, 0.29) is 5.91 Å². The lowest BCUT2D eigenvalue weighted by atomic mass is 10.2. The van der Waals surface area contributed by atoms with E-state index >= 15 is 0 Å². The van der Waals surface area contributed by atoms with E-state index < -0.39 is 0 Å². The number of hydrogen-bond acceptors (Lipinski definition) is 2. The van der Waals surface area contributed by atoms with Crippen LogP contribution in [0.1, 0.15) is 16.1 Å². The average molecular weight is 339 g/mol. The van der Waals surface area contributed by atoms with Crippen LogP contribution in [-0.4, -0.2) is 20.4 Å². The van der Waals surface area contributed by atoms with E-state index in [0.717, 1.165) is 27.5 Å². The van der Waals surface area contributed by atoms with Gasteiger partial charge in [0.1, 0.15) is 5.69 Å². The molecule has 0 radical (unpaired) electrons. The van der Waals surface area contributed by atoms with E-state index in [1.54, 1.807) is 6.33 Å². The smallest absolute Gasteiger partial charge is 0.268 e. The highest BCUT2D eigenvalue weighted by atomic mass is 35.5. The average Bonchev–Trinajstić information content (AvgIpc) is 3.18. The molecule has 0 aliphatic rings. The quantitative estimate of drug-likeness (QED) is 0.599. The molecule has 6 heteroatoms. The molecule has 24 heavy (non-hydrogen) atoms. The van der Waals surface area contributed by atoms with E-state index in [9.17, 15) is 4.79 Å². The SMILES string of the molecule is Cn1c(C(=O)NCc2cccc3[nH]cnc23)cc2ccc(Cl)cc21. The normalized spacial score (nSPS) is 11.2. The molecule has 5 nitrogen and oxygen atoms in total. The summed E-state index contributed by atoms with van der Waals surface area (Å²) in [6, 6.07) is 13.3. The molecule has 0 fully saturated rings. The van der Waals surface area contributed by atoms with E-state index in [2.05, 4.69) is 15.3 Å². The highest BCUT2D eigenvalue weighted by molar-refractivity contribution is 6.31. The van der Waals surface area contributed by atoms with Crippen molar-refractivity contribution in [1.29, 1.82) is 0 Å². The summed E-state index contributed by atoms with van der Waals surface area (Å²) in [6.45, 7) is 0.420. The molecule has 0 spiro atoms. The lowest BCUT2D eigenvalue weighted by Crippen LogP contribution is -2.24. The van der Waals surface area contributed by atoms with Gasteiger partial charge in [-0.1, -0.05) is 29.8 Å². The molecule has 2 N–H and O–H groups in total. The van der Waals surface area contributed by atoms with E-state index in [4.69, 9.17) is 11.6 Å². The lowest BCUT2D eigenvalue weighted by Gasteiger charge is -2.07. The van der Waals surface area contributed by atoms with Crippen LogP contribution in [-0.2, 0) is 13.6 Å². The third-order valence-corrected chi connectivity index (χ3v) is 4.45. The third-order valence-electron chi connectivity index (χ3n) is 4.21. The van der Waals surface area contributed by atoms with Crippen LogP contribution < -0.4 is 5.32 Å². The molecule has 0 saturated carbocycles. The fourth-order valence-electron chi connectivity index (χ4n) is 2.96. The van der Waals surface area contributed by atoms with Gasteiger partial charge in [0.25, 0.3) is 5.91 Å². The summed E-state index contributed by atoms with van der Waals surface area (Å²) in [6.07, 6.45) is 1.66. The van der Waals surface area contributed by atoms with Crippen molar-refractivity contribution in [3.8, 4) is 0 Å². The van der Waals surface area contributed by atoms with Gasteiger partial charge < -0.3 is 14.9 Å². The summed E-state index contributed by atoms with van der Waals surface area (Å²) in [4.78, 5) is 20.0. The molecular weight excluding hydrogens is 324 g/mol. The number of fused-ring (bicyclic) bond motifs is 2. The summed E-state index contributed by atoms with van der Waals surface area (Å²) < 4.78 is 1.85. The van der Waals surface area contributed by atoms with Gasteiger partial charge in [0.05, 0.1) is 17.4 Å². The molecule has 0 saturated heterocycles. The van der Waals surface area contributed by atoms with Crippen molar-refractivity contribution in [2.45, 2.75) is 6.54 Å². The Hall–Kier alpha value is -2.79.